The Morgan fingerprint density at radius 1 is 1.21 bits per heavy atom. The van der Waals surface area contributed by atoms with Gasteiger partial charge in [0.2, 0.25) is 0 Å². The first-order valence-electron chi connectivity index (χ1n) is 7.11. The van der Waals surface area contributed by atoms with Gasteiger partial charge in [-0.1, -0.05) is 12.1 Å². The summed E-state index contributed by atoms with van der Waals surface area (Å²) >= 11 is 6.40. The first kappa shape index (κ1) is 15.8. The van der Waals surface area contributed by atoms with Crippen LogP contribution in [0.1, 0.15) is 10.7 Å². The molecule has 24 heavy (non-hydrogen) atoms. The van der Waals surface area contributed by atoms with Gasteiger partial charge in [-0.15, -0.1) is 45.8 Å². The molecular weight excluding hydrogens is 376 g/mol. The van der Waals surface area contributed by atoms with Gasteiger partial charge in [-0.25, -0.2) is 4.98 Å². The van der Waals surface area contributed by atoms with Gasteiger partial charge in [-0.3, -0.25) is 4.79 Å². The van der Waals surface area contributed by atoms with Crippen molar-refractivity contribution in [1.82, 2.24) is 9.97 Å². The van der Waals surface area contributed by atoms with Gasteiger partial charge in [0.25, 0.3) is 5.56 Å². The summed E-state index contributed by atoms with van der Waals surface area (Å²) < 4.78 is 0. The molecule has 4 heterocycles. The topological polar surface area (TPSA) is 45.8 Å². The van der Waals surface area contributed by atoms with Gasteiger partial charge in [0.1, 0.15) is 10.7 Å². The lowest BCUT2D eigenvalue weighted by atomic mass is 10.2. The molecule has 0 atom stereocenters. The van der Waals surface area contributed by atoms with Crippen LogP contribution < -0.4 is 5.56 Å². The van der Waals surface area contributed by atoms with Crippen LogP contribution in [0.25, 0.3) is 31.6 Å². The molecule has 0 aromatic carbocycles. The van der Waals surface area contributed by atoms with Crippen LogP contribution in [0.2, 0.25) is 0 Å². The van der Waals surface area contributed by atoms with Crippen molar-refractivity contribution in [3.63, 3.8) is 0 Å². The normalized spacial score (nSPS) is 12.1. The number of aromatic nitrogens is 2. The molecule has 120 valence electrons. The Bertz CT molecular complexity index is 1060. The number of aromatic amines is 1. The van der Waals surface area contributed by atoms with Crippen LogP contribution >= 0.6 is 45.8 Å². The third kappa shape index (κ3) is 2.88. The van der Waals surface area contributed by atoms with E-state index in [2.05, 4.69) is 17.1 Å². The molecule has 0 aliphatic carbocycles. The first-order chi connectivity index (χ1) is 11.8. The summed E-state index contributed by atoms with van der Waals surface area (Å²) in [4.78, 5) is 24.3. The summed E-state index contributed by atoms with van der Waals surface area (Å²) in [6.07, 6.45) is 4.06. The van der Waals surface area contributed by atoms with Crippen LogP contribution in [-0.2, 0) is 0 Å². The van der Waals surface area contributed by atoms with Crippen molar-refractivity contribution in [2.75, 3.05) is 6.26 Å². The number of H-pyrrole nitrogens is 1. The molecule has 0 spiro atoms. The molecule has 3 nitrogen and oxygen atoms in total. The first-order valence-corrected chi connectivity index (χ1v) is 11.0. The lowest BCUT2D eigenvalue weighted by molar-refractivity contribution is 1.15. The van der Waals surface area contributed by atoms with Crippen LogP contribution in [0, 0.1) is 0 Å². The highest BCUT2D eigenvalue weighted by molar-refractivity contribution is 8.07. The van der Waals surface area contributed by atoms with Gasteiger partial charge in [-0.2, -0.15) is 0 Å². The second-order valence-corrected chi connectivity index (χ2v) is 8.58. The minimum absolute atomic E-state index is 0.0780. The van der Waals surface area contributed by atoms with E-state index >= 15 is 0 Å². The van der Waals surface area contributed by atoms with Crippen molar-refractivity contribution in [3.05, 3.63) is 61.5 Å². The molecule has 0 aliphatic heterocycles. The number of nitrogens with one attached hydrogen (secondary N) is 1. The zero-order valence-corrected chi connectivity index (χ0v) is 15.9. The van der Waals surface area contributed by atoms with Gasteiger partial charge >= 0.3 is 0 Å². The van der Waals surface area contributed by atoms with Crippen LogP contribution in [0.4, 0.5) is 0 Å². The third-order valence-corrected chi connectivity index (χ3v) is 6.85. The van der Waals surface area contributed by atoms with Crippen LogP contribution in [0.3, 0.4) is 0 Å². The van der Waals surface area contributed by atoms with E-state index in [4.69, 9.17) is 4.98 Å². The zero-order chi connectivity index (χ0) is 16.5. The average molecular weight is 389 g/mol. The SMILES string of the molecule is CS/C(=C\c1cccs1)c1nc2scc(-c3cccs3)c2c(=O)[nH]1. The second-order valence-electron chi connectivity index (χ2n) is 4.95. The number of hydrogen-bond acceptors (Lipinski definition) is 6. The lowest BCUT2D eigenvalue weighted by Crippen LogP contribution is -2.10. The van der Waals surface area contributed by atoms with E-state index in [0.717, 1.165) is 25.1 Å². The summed E-state index contributed by atoms with van der Waals surface area (Å²) in [6, 6.07) is 8.09. The predicted molar refractivity (Wildman–Crippen MR) is 109 cm³/mol. The van der Waals surface area contributed by atoms with E-state index in [1.807, 2.05) is 40.6 Å². The fourth-order valence-corrected chi connectivity index (χ4v) is 5.43. The van der Waals surface area contributed by atoms with Gasteiger partial charge in [0, 0.05) is 20.7 Å². The highest BCUT2D eigenvalue weighted by Gasteiger charge is 2.15. The number of nitrogens with zero attached hydrogens (tertiary/aromatic N) is 1. The molecule has 1 N–H and O–H groups in total. The Kier molecular flexibility index (Phi) is 4.41. The standard InChI is InChI=1S/C17H12N2OS4/c1-21-13(8-10-4-2-6-22-10)15-18-16(20)14-11(9-24-17(14)19-15)12-5-3-7-23-12/h2-9H,1H3,(H,18,19,20)/b13-8-. The summed E-state index contributed by atoms with van der Waals surface area (Å²) in [5.74, 6) is 0.632. The van der Waals surface area contributed by atoms with E-state index in [0.29, 0.717) is 11.2 Å². The molecule has 0 radical (unpaired) electrons. The predicted octanol–water partition coefficient (Wildman–Crippen LogP) is 5.64. The molecule has 0 fully saturated rings. The van der Waals surface area contributed by atoms with Gasteiger partial charge in [0.05, 0.1) is 10.3 Å². The van der Waals surface area contributed by atoms with Crippen LogP contribution in [0.15, 0.2) is 45.2 Å². The molecule has 0 amide bonds. The highest BCUT2D eigenvalue weighted by Crippen LogP contribution is 2.34. The molecule has 0 saturated heterocycles. The minimum atomic E-state index is -0.0780. The van der Waals surface area contributed by atoms with Gasteiger partial charge < -0.3 is 4.98 Å². The van der Waals surface area contributed by atoms with Gasteiger partial charge in [0.15, 0.2) is 0 Å². The maximum absolute atomic E-state index is 12.7. The van der Waals surface area contributed by atoms with E-state index in [1.165, 1.54) is 11.3 Å². The van der Waals surface area contributed by atoms with Crippen molar-refractivity contribution in [2.45, 2.75) is 0 Å². The fourth-order valence-electron chi connectivity index (χ4n) is 2.41. The Morgan fingerprint density at radius 2 is 2.04 bits per heavy atom. The number of rotatable bonds is 4. The highest BCUT2D eigenvalue weighted by atomic mass is 32.2. The van der Waals surface area contributed by atoms with E-state index in [1.54, 1.807) is 34.4 Å². The zero-order valence-electron chi connectivity index (χ0n) is 12.6. The van der Waals surface area contributed by atoms with E-state index in [-0.39, 0.29) is 5.56 Å². The summed E-state index contributed by atoms with van der Waals surface area (Å²) in [5, 5.41) is 6.76. The van der Waals surface area contributed by atoms with E-state index in [9.17, 15) is 4.79 Å². The smallest absolute Gasteiger partial charge is 0.260 e. The third-order valence-electron chi connectivity index (χ3n) is 3.50. The van der Waals surface area contributed by atoms with Crippen molar-refractivity contribution in [2.24, 2.45) is 0 Å². The number of fused-ring (bicyclic) bond motifs is 1. The number of thioether (sulfide) groups is 1. The average Bonchev–Trinajstić information content (AvgIpc) is 3.32. The molecule has 0 bridgehead atoms. The molecule has 4 aromatic rings. The lowest BCUT2D eigenvalue weighted by Gasteiger charge is -2.04. The quantitative estimate of drug-likeness (QED) is 0.492. The maximum atomic E-state index is 12.7. The number of thiophene rings is 3. The van der Waals surface area contributed by atoms with Crippen molar-refractivity contribution < 1.29 is 0 Å². The Balaban J connectivity index is 1.86. The monoisotopic (exact) mass is 388 g/mol. The maximum Gasteiger partial charge on any atom is 0.260 e. The summed E-state index contributed by atoms with van der Waals surface area (Å²) in [5.41, 5.74) is 0.893. The molecule has 0 aliphatic rings. The molecule has 0 saturated carbocycles. The van der Waals surface area contributed by atoms with Crippen LogP contribution in [-0.4, -0.2) is 16.2 Å². The Morgan fingerprint density at radius 3 is 2.75 bits per heavy atom. The van der Waals surface area contributed by atoms with Gasteiger partial charge in [-0.05, 0) is 35.2 Å². The minimum Gasteiger partial charge on any atom is -0.305 e. The molecule has 4 aromatic heterocycles. The second kappa shape index (κ2) is 6.68. The van der Waals surface area contributed by atoms with Crippen molar-refractivity contribution in [1.29, 1.82) is 0 Å². The molecular formula is C17H12N2OS4. The van der Waals surface area contributed by atoms with Crippen LogP contribution in [0.5, 0.6) is 0 Å². The van der Waals surface area contributed by atoms with Crippen molar-refractivity contribution >= 4 is 67.0 Å². The molecule has 0 unspecified atom stereocenters. The molecule has 7 heteroatoms. The molecule has 4 rings (SSSR count). The Hall–Kier alpha value is -1.67. The van der Waals surface area contributed by atoms with Crippen molar-refractivity contribution in [3.8, 4) is 10.4 Å². The fraction of sp³-hybridized carbons (Fsp3) is 0.0588. The largest absolute Gasteiger partial charge is 0.305 e. The summed E-state index contributed by atoms with van der Waals surface area (Å²) in [7, 11) is 0. The van der Waals surface area contributed by atoms with E-state index < -0.39 is 0 Å². The number of hydrogen-bond donors (Lipinski definition) is 1. The Labute approximate surface area is 154 Å². The summed E-state index contributed by atoms with van der Waals surface area (Å²) in [6.45, 7) is 0.